The van der Waals surface area contributed by atoms with E-state index >= 15 is 0 Å². The summed E-state index contributed by atoms with van der Waals surface area (Å²) in [6, 6.07) is 0. The van der Waals surface area contributed by atoms with E-state index in [1.807, 2.05) is 7.05 Å². The monoisotopic (exact) mass is 316 g/mol. The molecule has 6 nitrogen and oxygen atoms in total. The van der Waals surface area contributed by atoms with Crippen LogP contribution in [0.15, 0.2) is 17.3 Å². The van der Waals surface area contributed by atoms with Crippen molar-refractivity contribution in [2.75, 3.05) is 20.1 Å². The highest BCUT2D eigenvalue weighted by Gasteiger charge is 2.22. The molecule has 1 rings (SSSR count). The fourth-order valence-corrected chi connectivity index (χ4v) is 3.39. The zero-order valence-corrected chi connectivity index (χ0v) is 14.4. The van der Waals surface area contributed by atoms with E-state index in [9.17, 15) is 8.42 Å². The van der Waals surface area contributed by atoms with Gasteiger partial charge in [-0.2, -0.15) is 5.10 Å². The minimum atomic E-state index is -3.48. The summed E-state index contributed by atoms with van der Waals surface area (Å²) < 4.78 is 28.9. The molecule has 0 amide bonds. The Bertz CT molecular complexity index is 515. The third-order valence-electron chi connectivity index (χ3n) is 3.73. The standard InChI is InChI=1S/C14H28N4O2S/c1-11(2)14(12(3)4)9-17-21(19,20)13-8-16-18(10-13)7-6-15-5/h8,10-12,14-15,17H,6-7,9H2,1-5H3. The van der Waals surface area contributed by atoms with Gasteiger partial charge in [-0.25, -0.2) is 13.1 Å². The molecule has 1 aromatic heterocycles. The maximum absolute atomic E-state index is 12.3. The van der Waals surface area contributed by atoms with Gasteiger partial charge in [0.05, 0.1) is 12.7 Å². The van der Waals surface area contributed by atoms with Crippen molar-refractivity contribution >= 4 is 10.0 Å². The first-order chi connectivity index (χ1) is 9.77. The highest BCUT2D eigenvalue weighted by Crippen LogP contribution is 2.20. The van der Waals surface area contributed by atoms with Crippen LogP contribution in [0.2, 0.25) is 0 Å². The lowest BCUT2D eigenvalue weighted by Gasteiger charge is -2.24. The van der Waals surface area contributed by atoms with Gasteiger partial charge in [-0.05, 0) is 24.8 Å². The number of hydrogen-bond donors (Lipinski definition) is 2. The Hall–Kier alpha value is -0.920. The van der Waals surface area contributed by atoms with Gasteiger partial charge >= 0.3 is 0 Å². The Balaban J connectivity index is 2.70. The maximum Gasteiger partial charge on any atom is 0.243 e. The normalized spacial score (nSPS) is 12.8. The number of aromatic nitrogens is 2. The second-order valence-corrected chi connectivity index (χ2v) is 7.81. The van der Waals surface area contributed by atoms with E-state index in [0.29, 0.717) is 30.8 Å². The van der Waals surface area contributed by atoms with Crippen LogP contribution in [0.3, 0.4) is 0 Å². The molecular weight excluding hydrogens is 288 g/mol. The smallest absolute Gasteiger partial charge is 0.243 e. The van der Waals surface area contributed by atoms with E-state index in [4.69, 9.17) is 0 Å². The number of hydrogen-bond acceptors (Lipinski definition) is 4. The number of rotatable bonds is 9. The molecule has 1 aromatic rings. The maximum atomic E-state index is 12.3. The van der Waals surface area contributed by atoms with Crippen LogP contribution in [-0.4, -0.2) is 38.3 Å². The van der Waals surface area contributed by atoms with Gasteiger partial charge in [0.25, 0.3) is 0 Å². The summed E-state index contributed by atoms with van der Waals surface area (Å²) in [5, 5.41) is 7.08. The molecular formula is C14H28N4O2S. The molecule has 0 saturated carbocycles. The molecule has 0 aliphatic rings. The fourth-order valence-electron chi connectivity index (χ4n) is 2.36. The first-order valence-electron chi connectivity index (χ1n) is 7.44. The highest BCUT2D eigenvalue weighted by molar-refractivity contribution is 7.89. The van der Waals surface area contributed by atoms with Crippen LogP contribution in [0.4, 0.5) is 0 Å². The molecule has 0 spiro atoms. The quantitative estimate of drug-likeness (QED) is 0.720. The summed E-state index contributed by atoms with van der Waals surface area (Å²) in [6.45, 7) is 10.3. The van der Waals surface area contributed by atoms with Crippen molar-refractivity contribution in [2.45, 2.75) is 39.1 Å². The van der Waals surface area contributed by atoms with E-state index in [2.05, 4.69) is 42.8 Å². The molecule has 1 heterocycles. The molecule has 0 aliphatic carbocycles. The van der Waals surface area contributed by atoms with Crippen LogP contribution in [0, 0.1) is 17.8 Å². The number of sulfonamides is 1. The molecule has 21 heavy (non-hydrogen) atoms. The Kier molecular flexibility index (Phi) is 6.83. The third-order valence-corrected chi connectivity index (χ3v) is 5.11. The summed E-state index contributed by atoms with van der Waals surface area (Å²) in [4.78, 5) is 0.227. The lowest BCUT2D eigenvalue weighted by Crippen LogP contribution is -2.33. The molecule has 0 aromatic carbocycles. The fraction of sp³-hybridized carbons (Fsp3) is 0.786. The van der Waals surface area contributed by atoms with E-state index < -0.39 is 10.0 Å². The third kappa shape index (κ3) is 5.41. The van der Waals surface area contributed by atoms with E-state index in [0.717, 1.165) is 6.54 Å². The van der Waals surface area contributed by atoms with Crippen molar-refractivity contribution in [3.05, 3.63) is 12.4 Å². The number of nitrogens with zero attached hydrogens (tertiary/aromatic N) is 2. The molecule has 0 saturated heterocycles. The molecule has 0 aliphatic heterocycles. The molecule has 122 valence electrons. The van der Waals surface area contributed by atoms with Gasteiger partial charge in [-0.1, -0.05) is 27.7 Å². The van der Waals surface area contributed by atoms with Gasteiger partial charge < -0.3 is 5.32 Å². The first kappa shape index (κ1) is 18.1. The van der Waals surface area contributed by atoms with Crippen LogP contribution < -0.4 is 10.0 Å². The topological polar surface area (TPSA) is 76.0 Å². The van der Waals surface area contributed by atoms with Crippen LogP contribution in [0.25, 0.3) is 0 Å². The van der Waals surface area contributed by atoms with Gasteiger partial charge in [0.15, 0.2) is 0 Å². The van der Waals surface area contributed by atoms with E-state index in [1.54, 1.807) is 10.9 Å². The second kappa shape index (κ2) is 7.91. The van der Waals surface area contributed by atoms with Crippen LogP contribution in [0.1, 0.15) is 27.7 Å². The minimum Gasteiger partial charge on any atom is -0.318 e. The highest BCUT2D eigenvalue weighted by atomic mass is 32.2. The lowest BCUT2D eigenvalue weighted by molar-refractivity contribution is 0.289. The summed E-state index contributed by atoms with van der Waals surface area (Å²) in [5.74, 6) is 1.19. The average Bonchev–Trinajstić information content (AvgIpc) is 2.85. The largest absolute Gasteiger partial charge is 0.318 e. The summed E-state index contributed by atoms with van der Waals surface area (Å²) in [7, 11) is -1.63. The van der Waals surface area contributed by atoms with Crippen LogP contribution in [0.5, 0.6) is 0 Å². The Morgan fingerprint density at radius 3 is 2.38 bits per heavy atom. The van der Waals surface area contributed by atoms with Crippen molar-refractivity contribution in [3.63, 3.8) is 0 Å². The predicted octanol–water partition coefficient (Wildman–Crippen LogP) is 1.31. The van der Waals surface area contributed by atoms with Crippen LogP contribution in [-0.2, 0) is 16.6 Å². The van der Waals surface area contributed by atoms with Crippen LogP contribution >= 0.6 is 0 Å². The Morgan fingerprint density at radius 1 is 1.24 bits per heavy atom. The average molecular weight is 316 g/mol. The van der Waals surface area contributed by atoms with Gasteiger partial charge in [0.1, 0.15) is 4.90 Å². The molecule has 2 N–H and O–H groups in total. The lowest BCUT2D eigenvalue weighted by atomic mass is 9.86. The van der Waals surface area contributed by atoms with Crippen molar-refractivity contribution < 1.29 is 8.42 Å². The Morgan fingerprint density at radius 2 is 1.86 bits per heavy atom. The minimum absolute atomic E-state index is 0.227. The van der Waals surface area contributed by atoms with Crippen molar-refractivity contribution in [3.8, 4) is 0 Å². The molecule has 0 bridgehead atoms. The SMILES string of the molecule is CNCCn1cc(S(=O)(=O)NCC(C(C)C)C(C)C)cn1. The van der Waals surface area contributed by atoms with Gasteiger partial charge in [-0.3, -0.25) is 4.68 Å². The number of likely N-dealkylation sites (N-methyl/N-ethyl adjacent to an activating group) is 1. The summed E-state index contributed by atoms with van der Waals surface area (Å²) >= 11 is 0. The number of nitrogens with one attached hydrogen (secondary N) is 2. The first-order valence-corrected chi connectivity index (χ1v) is 8.93. The van der Waals surface area contributed by atoms with Crippen molar-refractivity contribution in [2.24, 2.45) is 17.8 Å². The second-order valence-electron chi connectivity index (χ2n) is 6.05. The van der Waals surface area contributed by atoms with Crippen molar-refractivity contribution in [1.29, 1.82) is 0 Å². The van der Waals surface area contributed by atoms with E-state index in [-0.39, 0.29) is 4.90 Å². The molecule has 7 heteroatoms. The predicted molar refractivity (Wildman–Crippen MR) is 84.5 cm³/mol. The van der Waals surface area contributed by atoms with Gasteiger partial charge in [0, 0.05) is 19.3 Å². The zero-order chi connectivity index (χ0) is 16.0. The van der Waals surface area contributed by atoms with Gasteiger partial charge in [-0.15, -0.1) is 0 Å². The molecule has 0 fully saturated rings. The summed E-state index contributed by atoms with van der Waals surface area (Å²) in [6.07, 6.45) is 2.97. The zero-order valence-electron chi connectivity index (χ0n) is 13.6. The van der Waals surface area contributed by atoms with Gasteiger partial charge in [0.2, 0.25) is 10.0 Å². The molecule has 0 radical (unpaired) electrons. The Labute approximate surface area is 128 Å². The summed E-state index contributed by atoms with van der Waals surface area (Å²) in [5.41, 5.74) is 0. The molecule has 0 atom stereocenters. The molecule has 0 unspecified atom stereocenters. The van der Waals surface area contributed by atoms with E-state index in [1.165, 1.54) is 6.20 Å². The van der Waals surface area contributed by atoms with Crippen molar-refractivity contribution in [1.82, 2.24) is 19.8 Å².